The lowest BCUT2D eigenvalue weighted by atomic mass is 10.0. The van der Waals surface area contributed by atoms with Gasteiger partial charge < -0.3 is 10.4 Å². The summed E-state index contributed by atoms with van der Waals surface area (Å²) in [5, 5.41) is 11.8. The molecule has 0 aliphatic heterocycles. The second-order valence-corrected chi connectivity index (χ2v) is 6.20. The number of hydrogen-bond acceptors (Lipinski definition) is 2. The molecule has 0 saturated heterocycles. The first-order chi connectivity index (χ1) is 8.63. The van der Waals surface area contributed by atoms with Gasteiger partial charge in [0.05, 0.1) is 5.92 Å². The lowest BCUT2D eigenvalue weighted by molar-refractivity contribution is -0.141. The summed E-state index contributed by atoms with van der Waals surface area (Å²) in [6, 6.07) is 0. The molecule has 100 valence electrons. The average molecular weight is 251 g/mol. The molecular formula is C14H21NO3. The van der Waals surface area contributed by atoms with Crippen LogP contribution in [0.3, 0.4) is 0 Å². The highest BCUT2D eigenvalue weighted by Crippen LogP contribution is 2.69. The molecule has 0 spiro atoms. The van der Waals surface area contributed by atoms with Crippen molar-refractivity contribution in [2.75, 3.05) is 6.54 Å². The van der Waals surface area contributed by atoms with Crippen molar-refractivity contribution >= 4 is 11.9 Å². The third-order valence-electron chi connectivity index (χ3n) is 5.40. The molecule has 0 radical (unpaired) electrons. The van der Waals surface area contributed by atoms with Crippen molar-refractivity contribution in [1.29, 1.82) is 0 Å². The van der Waals surface area contributed by atoms with Gasteiger partial charge in [0, 0.05) is 12.5 Å². The summed E-state index contributed by atoms with van der Waals surface area (Å²) in [6.45, 7) is 2.13. The SMILES string of the molecule is CCC(CNC(=O)C1C2C3CCC(C3)C12)C(=O)O. The van der Waals surface area contributed by atoms with E-state index >= 15 is 0 Å². The molecule has 2 N–H and O–H groups in total. The van der Waals surface area contributed by atoms with E-state index in [1.165, 1.54) is 19.3 Å². The number of hydrogen-bond donors (Lipinski definition) is 2. The number of rotatable bonds is 5. The van der Waals surface area contributed by atoms with E-state index in [1.54, 1.807) is 0 Å². The lowest BCUT2D eigenvalue weighted by Crippen LogP contribution is -2.34. The van der Waals surface area contributed by atoms with E-state index in [2.05, 4.69) is 5.32 Å². The molecule has 3 fully saturated rings. The lowest BCUT2D eigenvalue weighted by Gasteiger charge is -2.13. The van der Waals surface area contributed by atoms with Crippen molar-refractivity contribution in [1.82, 2.24) is 5.32 Å². The van der Waals surface area contributed by atoms with Crippen LogP contribution in [0.5, 0.6) is 0 Å². The van der Waals surface area contributed by atoms with Crippen molar-refractivity contribution < 1.29 is 14.7 Å². The van der Waals surface area contributed by atoms with Gasteiger partial charge in [0.25, 0.3) is 0 Å². The number of carboxylic acids is 1. The van der Waals surface area contributed by atoms with Crippen molar-refractivity contribution in [2.45, 2.75) is 32.6 Å². The van der Waals surface area contributed by atoms with Gasteiger partial charge in [-0.1, -0.05) is 6.92 Å². The zero-order chi connectivity index (χ0) is 12.9. The van der Waals surface area contributed by atoms with Crippen molar-refractivity contribution in [3.05, 3.63) is 0 Å². The molecule has 18 heavy (non-hydrogen) atoms. The third-order valence-corrected chi connectivity index (χ3v) is 5.40. The zero-order valence-electron chi connectivity index (χ0n) is 10.8. The van der Waals surface area contributed by atoms with Gasteiger partial charge in [-0.05, 0) is 49.4 Å². The van der Waals surface area contributed by atoms with Gasteiger partial charge in [-0.3, -0.25) is 9.59 Å². The minimum Gasteiger partial charge on any atom is -0.481 e. The largest absolute Gasteiger partial charge is 0.481 e. The molecule has 3 aliphatic rings. The van der Waals surface area contributed by atoms with Crippen LogP contribution in [0.15, 0.2) is 0 Å². The molecule has 1 amide bonds. The van der Waals surface area contributed by atoms with E-state index in [9.17, 15) is 9.59 Å². The number of carboxylic acid groups (broad SMARTS) is 1. The van der Waals surface area contributed by atoms with E-state index in [1.807, 2.05) is 6.92 Å². The summed E-state index contributed by atoms with van der Waals surface area (Å²) in [5.74, 6) is 1.92. The van der Waals surface area contributed by atoms with E-state index in [0.717, 1.165) is 11.8 Å². The first-order valence-corrected chi connectivity index (χ1v) is 7.14. The fraction of sp³-hybridized carbons (Fsp3) is 0.857. The average Bonchev–Trinajstić information content (AvgIpc) is 2.78. The second-order valence-electron chi connectivity index (χ2n) is 6.20. The van der Waals surface area contributed by atoms with Crippen LogP contribution in [-0.2, 0) is 9.59 Å². The van der Waals surface area contributed by atoms with E-state index < -0.39 is 11.9 Å². The first kappa shape index (κ1) is 12.0. The highest BCUT2D eigenvalue weighted by Gasteiger charge is 2.67. The summed E-state index contributed by atoms with van der Waals surface area (Å²) in [4.78, 5) is 23.0. The summed E-state index contributed by atoms with van der Waals surface area (Å²) < 4.78 is 0. The van der Waals surface area contributed by atoms with Crippen molar-refractivity contribution in [3.8, 4) is 0 Å². The number of nitrogens with one attached hydrogen (secondary N) is 1. The topological polar surface area (TPSA) is 66.4 Å². The van der Waals surface area contributed by atoms with Crippen LogP contribution in [0.2, 0.25) is 0 Å². The quantitative estimate of drug-likeness (QED) is 0.778. The molecule has 5 atom stereocenters. The fourth-order valence-corrected chi connectivity index (χ4v) is 4.42. The molecule has 3 saturated carbocycles. The maximum Gasteiger partial charge on any atom is 0.308 e. The Kier molecular flexibility index (Phi) is 2.83. The number of amides is 1. The maximum atomic E-state index is 12.1. The number of carbonyl (C=O) groups excluding carboxylic acids is 1. The second kappa shape index (κ2) is 4.25. The monoisotopic (exact) mass is 251 g/mol. The highest BCUT2D eigenvalue weighted by atomic mass is 16.4. The van der Waals surface area contributed by atoms with Crippen molar-refractivity contribution in [2.24, 2.45) is 35.5 Å². The normalized spacial score (nSPS) is 41.3. The summed E-state index contributed by atoms with van der Waals surface area (Å²) >= 11 is 0. The predicted octanol–water partition coefficient (Wildman–Crippen LogP) is 1.51. The number of aliphatic carboxylic acids is 1. The minimum absolute atomic E-state index is 0.112. The summed E-state index contributed by atoms with van der Waals surface area (Å²) in [7, 11) is 0. The molecule has 2 bridgehead atoms. The van der Waals surface area contributed by atoms with Crippen LogP contribution in [0, 0.1) is 35.5 Å². The van der Waals surface area contributed by atoms with Gasteiger partial charge in [-0.15, -0.1) is 0 Å². The van der Waals surface area contributed by atoms with Crippen LogP contribution in [0.1, 0.15) is 32.6 Å². The zero-order valence-corrected chi connectivity index (χ0v) is 10.8. The molecule has 3 aliphatic carbocycles. The van der Waals surface area contributed by atoms with Crippen LogP contribution >= 0.6 is 0 Å². The molecule has 0 heterocycles. The smallest absolute Gasteiger partial charge is 0.308 e. The molecule has 5 unspecified atom stereocenters. The van der Waals surface area contributed by atoms with Gasteiger partial charge in [0.15, 0.2) is 0 Å². The van der Waals surface area contributed by atoms with E-state index in [4.69, 9.17) is 5.11 Å². The van der Waals surface area contributed by atoms with Gasteiger partial charge in [0.2, 0.25) is 5.91 Å². The van der Waals surface area contributed by atoms with Crippen LogP contribution in [0.4, 0.5) is 0 Å². The maximum absolute atomic E-state index is 12.1. The Labute approximate surface area is 107 Å². The Balaban J connectivity index is 1.51. The predicted molar refractivity (Wildman–Crippen MR) is 65.7 cm³/mol. The molecule has 0 aromatic rings. The van der Waals surface area contributed by atoms with Gasteiger partial charge in [-0.25, -0.2) is 0 Å². The Hall–Kier alpha value is -1.06. The van der Waals surface area contributed by atoms with E-state index in [-0.39, 0.29) is 18.4 Å². The van der Waals surface area contributed by atoms with Gasteiger partial charge in [0.1, 0.15) is 0 Å². The standard InChI is InChI=1S/C14H21NO3/c1-2-7(14(17)18)6-15-13(16)12-10-8-3-4-9(5-8)11(10)12/h7-12H,2-6H2,1H3,(H,15,16)(H,17,18). The Morgan fingerprint density at radius 3 is 2.39 bits per heavy atom. The molecule has 4 nitrogen and oxygen atoms in total. The van der Waals surface area contributed by atoms with Crippen LogP contribution < -0.4 is 5.32 Å². The molecule has 0 aromatic heterocycles. The highest BCUT2D eigenvalue weighted by molar-refractivity contribution is 5.83. The first-order valence-electron chi connectivity index (χ1n) is 7.14. The fourth-order valence-electron chi connectivity index (χ4n) is 4.42. The Bertz CT molecular complexity index is 365. The molecule has 4 heteroatoms. The molecular weight excluding hydrogens is 230 g/mol. The van der Waals surface area contributed by atoms with Crippen LogP contribution in [-0.4, -0.2) is 23.5 Å². The van der Waals surface area contributed by atoms with Crippen LogP contribution in [0.25, 0.3) is 0 Å². The Morgan fingerprint density at radius 2 is 1.89 bits per heavy atom. The summed E-state index contributed by atoms with van der Waals surface area (Å²) in [6.07, 6.45) is 4.52. The molecule has 3 rings (SSSR count). The third kappa shape index (κ3) is 1.73. The minimum atomic E-state index is -0.811. The number of fused-ring (bicyclic) bond motifs is 5. The van der Waals surface area contributed by atoms with Gasteiger partial charge >= 0.3 is 5.97 Å². The van der Waals surface area contributed by atoms with Crippen molar-refractivity contribution in [3.63, 3.8) is 0 Å². The number of carbonyl (C=O) groups is 2. The van der Waals surface area contributed by atoms with E-state index in [0.29, 0.717) is 18.3 Å². The van der Waals surface area contributed by atoms with Gasteiger partial charge in [-0.2, -0.15) is 0 Å². The summed E-state index contributed by atoms with van der Waals surface area (Å²) in [5.41, 5.74) is 0. The Morgan fingerprint density at radius 1 is 1.28 bits per heavy atom. The molecule has 0 aromatic carbocycles.